The topological polar surface area (TPSA) is 60.9 Å². The molecule has 0 radical (unpaired) electrons. The van der Waals surface area contributed by atoms with Crippen molar-refractivity contribution in [1.82, 2.24) is 14.1 Å². The van der Waals surface area contributed by atoms with Gasteiger partial charge in [-0.2, -0.15) is 4.31 Å². The Labute approximate surface area is 156 Å². The van der Waals surface area contributed by atoms with Crippen LogP contribution in [0.15, 0.2) is 24.3 Å². The lowest BCUT2D eigenvalue weighted by Crippen LogP contribution is -2.51. The Morgan fingerprint density at radius 1 is 1.00 bits per heavy atom. The van der Waals surface area contributed by atoms with Gasteiger partial charge in [-0.05, 0) is 44.0 Å². The molecule has 0 bridgehead atoms. The lowest BCUT2D eigenvalue weighted by atomic mass is 10.1. The number of hydrogen-bond donors (Lipinski definition) is 0. The third-order valence-electron chi connectivity index (χ3n) is 5.42. The summed E-state index contributed by atoms with van der Waals surface area (Å²) >= 11 is 0. The van der Waals surface area contributed by atoms with Gasteiger partial charge in [0.05, 0.1) is 5.75 Å². The van der Waals surface area contributed by atoms with Crippen LogP contribution in [-0.4, -0.2) is 74.2 Å². The zero-order valence-electron chi connectivity index (χ0n) is 15.6. The Morgan fingerprint density at radius 2 is 1.65 bits per heavy atom. The molecule has 0 atom stereocenters. The molecule has 0 saturated carbocycles. The van der Waals surface area contributed by atoms with Crippen LogP contribution in [0.25, 0.3) is 0 Å². The number of amides is 1. The first-order chi connectivity index (χ1) is 12.5. The first kappa shape index (κ1) is 19.3. The SMILES string of the molecule is Cc1ccccc1CS(=O)(=O)N1CCN(C(=O)CCN2CCCC2)CC1. The molecule has 6 nitrogen and oxygen atoms in total. The van der Waals surface area contributed by atoms with Gasteiger partial charge in [0.15, 0.2) is 0 Å². The molecule has 0 spiro atoms. The van der Waals surface area contributed by atoms with Crippen LogP contribution in [-0.2, 0) is 20.6 Å². The number of carbonyl (C=O) groups is 1. The Morgan fingerprint density at radius 3 is 2.31 bits per heavy atom. The predicted octanol–water partition coefficient (Wildman–Crippen LogP) is 1.45. The van der Waals surface area contributed by atoms with Crippen LogP contribution in [0, 0.1) is 6.92 Å². The van der Waals surface area contributed by atoms with E-state index in [2.05, 4.69) is 4.90 Å². The normalized spacial score (nSPS) is 19.8. The molecule has 1 amide bonds. The maximum atomic E-state index is 12.7. The fraction of sp³-hybridized carbons (Fsp3) is 0.632. The summed E-state index contributed by atoms with van der Waals surface area (Å²) in [5.74, 6) is 0.176. The van der Waals surface area contributed by atoms with E-state index in [1.165, 1.54) is 17.1 Å². The molecule has 2 fully saturated rings. The molecule has 1 aromatic rings. The Kier molecular flexibility index (Phi) is 6.32. The minimum absolute atomic E-state index is 0.0303. The average molecular weight is 380 g/mol. The predicted molar refractivity (Wildman–Crippen MR) is 102 cm³/mol. The molecule has 2 aliphatic heterocycles. The number of rotatable bonds is 6. The summed E-state index contributed by atoms with van der Waals surface area (Å²) in [6.45, 7) is 6.72. The molecular weight excluding hydrogens is 350 g/mol. The quantitative estimate of drug-likeness (QED) is 0.751. The fourth-order valence-corrected chi connectivity index (χ4v) is 5.31. The van der Waals surface area contributed by atoms with E-state index in [0.717, 1.165) is 30.8 Å². The van der Waals surface area contributed by atoms with Crippen LogP contribution >= 0.6 is 0 Å². The minimum atomic E-state index is -3.35. The number of carbonyl (C=O) groups excluding carboxylic acids is 1. The van der Waals surface area contributed by atoms with Crippen molar-refractivity contribution in [1.29, 1.82) is 0 Å². The fourth-order valence-electron chi connectivity index (χ4n) is 3.69. The van der Waals surface area contributed by atoms with Gasteiger partial charge in [0.25, 0.3) is 0 Å². The van der Waals surface area contributed by atoms with Gasteiger partial charge < -0.3 is 9.80 Å². The highest BCUT2D eigenvalue weighted by atomic mass is 32.2. The molecule has 0 aliphatic carbocycles. The first-order valence-electron chi connectivity index (χ1n) is 9.48. The van der Waals surface area contributed by atoms with Crippen molar-refractivity contribution in [2.75, 3.05) is 45.8 Å². The van der Waals surface area contributed by atoms with E-state index in [1.54, 1.807) is 0 Å². The summed E-state index contributed by atoms with van der Waals surface area (Å²) in [5.41, 5.74) is 1.84. The van der Waals surface area contributed by atoms with Crippen molar-refractivity contribution in [2.24, 2.45) is 0 Å². The van der Waals surface area contributed by atoms with Crippen molar-refractivity contribution in [2.45, 2.75) is 31.9 Å². The zero-order chi connectivity index (χ0) is 18.6. The third-order valence-corrected chi connectivity index (χ3v) is 7.25. The van der Waals surface area contributed by atoms with Crippen LogP contribution in [0.3, 0.4) is 0 Å². The molecule has 0 aromatic heterocycles. The van der Waals surface area contributed by atoms with E-state index >= 15 is 0 Å². The van der Waals surface area contributed by atoms with Crippen LogP contribution in [0.5, 0.6) is 0 Å². The van der Waals surface area contributed by atoms with Gasteiger partial charge in [0.1, 0.15) is 0 Å². The number of sulfonamides is 1. The molecule has 1 aromatic carbocycles. The maximum absolute atomic E-state index is 12.7. The summed E-state index contributed by atoms with van der Waals surface area (Å²) in [5, 5.41) is 0. The molecule has 2 heterocycles. The van der Waals surface area contributed by atoms with Gasteiger partial charge in [-0.25, -0.2) is 8.42 Å². The molecule has 0 unspecified atom stereocenters. The van der Waals surface area contributed by atoms with E-state index in [0.29, 0.717) is 32.6 Å². The average Bonchev–Trinajstić information content (AvgIpc) is 3.15. The second-order valence-electron chi connectivity index (χ2n) is 7.26. The summed E-state index contributed by atoms with van der Waals surface area (Å²) < 4.78 is 26.9. The van der Waals surface area contributed by atoms with Gasteiger partial charge in [0.2, 0.25) is 15.9 Å². The number of aryl methyl sites for hydroxylation is 1. The van der Waals surface area contributed by atoms with E-state index in [4.69, 9.17) is 0 Å². The molecule has 7 heteroatoms. The number of piperazine rings is 1. The van der Waals surface area contributed by atoms with Crippen molar-refractivity contribution in [3.05, 3.63) is 35.4 Å². The maximum Gasteiger partial charge on any atom is 0.223 e. The number of likely N-dealkylation sites (tertiary alicyclic amines) is 1. The van der Waals surface area contributed by atoms with Crippen LogP contribution in [0.2, 0.25) is 0 Å². The monoisotopic (exact) mass is 379 g/mol. The summed E-state index contributed by atoms with van der Waals surface area (Å²) in [4.78, 5) is 16.5. The Balaban J connectivity index is 1.49. The van der Waals surface area contributed by atoms with Crippen molar-refractivity contribution in [3.8, 4) is 0 Å². The van der Waals surface area contributed by atoms with E-state index in [-0.39, 0.29) is 11.7 Å². The van der Waals surface area contributed by atoms with Crippen LogP contribution in [0.1, 0.15) is 30.4 Å². The van der Waals surface area contributed by atoms with Crippen LogP contribution in [0.4, 0.5) is 0 Å². The van der Waals surface area contributed by atoms with Crippen molar-refractivity contribution < 1.29 is 13.2 Å². The first-order valence-corrected chi connectivity index (χ1v) is 11.1. The number of hydrogen-bond acceptors (Lipinski definition) is 4. The Hall–Kier alpha value is -1.44. The third kappa shape index (κ3) is 4.84. The Bertz CT molecular complexity index is 721. The molecular formula is C19H29N3O3S. The standard InChI is InChI=1S/C19H29N3O3S/c1-17-6-2-3-7-18(17)16-26(24,25)22-14-12-21(13-15-22)19(23)8-11-20-9-4-5-10-20/h2-3,6-7H,4-5,8-16H2,1H3. The van der Waals surface area contributed by atoms with E-state index in [9.17, 15) is 13.2 Å². The molecule has 2 saturated heterocycles. The minimum Gasteiger partial charge on any atom is -0.340 e. The second kappa shape index (κ2) is 8.50. The lowest BCUT2D eigenvalue weighted by molar-refractivity contribution is -0.132. The van der Waals surface area contributed by atoms with Gasteiger partial charge in [0, 0.05) is 39.1 Å². The number of nitrogens with zero attached hydrogens (tertiary/aromatic N) is 3. The smallest absolute Gasteiger partial charge is 0.223 e. The van der Waals surface area contributed by atoms with Crippen LogP contribution < -0.4 is 0 Å². The molecule has 144 valence electrons. The molecule has 26 heavy (non-hydrogen) atoms. The van der Waals surface area contributed by atoms with E-state index in [1.807, 2.05) is 36.1 Å². The van der Waals surface area contributed by atoms with Gasteiger partial charge >= 0.3 is 0 Å². The summed E-state index contributed by atoms with van der Waals surface area (Å²) in [6, 6.07) is 7.58. The largest absolute Gasteiger partial charge is 0.340 e. The van der Waals surface area contributed by atoms with Gasteiger partial charge in [-0.1, -0.05) is 24.3 Å². The summed E-state index contributed by atoms with van der Waals surface area (Å²) in [7, 11) is -3.35. The lowest BCUT2D eigenvalue weighted by Gasteiger charge is -2.34. The molecule has 0 N–H and O–H groups in total. The highest BCUT2D eigenvalue weighted by Crippen LogP contribution is 2.17. The number of benzene rings is 1. The zero-order valence-corrected chi connectivity index (χ0v) is 16.4. The molecule has 2 aliphatic rings. The van der Waals surface area contributed by atoms with Crippen molar-refractivity contribution in [3.63, 3.8) is 0 Å². The highest BCUT2D eigenvalue weighted by molar-refractivity contribution is 7.88. The highest BCUT2D eigenvalue weighted by Gasteiger charge is 2.29. The summed E-state index contributed by atoms with van der Waals surface area (Å²) in [6.07, 6.45) is 2.99. The van der Waals surface area contributed by atoms with Crippen molar-refractivity contribution >= 4 is 15.9 Å². The molecule has 3 rings (SSSR count). The van der Waals surface area contributed by atoms with Gasteiger partial charge in [-0.3, -0.25) is 4.79 Å². The van der Waals surface area contributed by atoms with Gasteiger partial charge in [-0.15, -0.1) is 0 Å². The van der Waals surface area contributed by atoms with E-state index < -0.39 is 10.0 Å². The second-order valence-corrected chi connectivity index (χ2v) is 9.23.